The third-order valence-electron chi connectivity index (χ3n) is 8.41. The number of pyridine rings is 1. The molecule has 3 aromatic rings. The second-order valence-electron chi connectivity index (χ2n) is 9.93. The molecule has 8 heteroatoms. The lowest BCUT2D eigenvalue weighted by Gasteiger charge is -2.66. The number of rotatable bonds is 2. The largest absolute Gasteiger partial charge is 0.502 e. The topological polar surface area (TPSA) is 65.8 Å². The molecule has 1 aromatic heterocycles. The summed E-state index contributed by atoms with van der Waals surface area (Å²) in [4.78, 5) is 29.1. The summed E-state index contributed by atoms with van der Waals surface area (Å²) in [7, 11) is 0. The molecule has 35 heavy (non-hydrogen) atoms. The van der Waals surface area contributed by atoms with Gasteiger partial charge in [-0.3, -0.25) is 19.3 Å². The first-order valence-electron chi connectivity index (χ1n) is 12.0. The van der Waals surface area contributed by atoms with Crippen molar-refractivity contribution in [3.63, 3.8) is 0 Å². The van der Waals surface area contributed by atoms with Gasteiger partial charge in [0, 0.05) is 35.3 Å². The van der Waals surface area contributed by atoms with Gasteiger partial charge in [-0.2, -0.15) is 0 Å². The van der Waals surface area contributed by atoms with Crippen LogP contribution in [0.2, 0.25) is 0 Å². The van der Waals surface area contributed by atoms with Crippen molar-refractivity contribution >= 4 is 17.7 Å². The summed E-state index contributed by atoms with van der Waals surface area (Å²) in [6.45, 7) is 0.245. The average molecular weight is 490 g/mol. The molecule has 0 spiro atoms. The predicted octanol–water partition coefficient (Wildman–Crippen LogP) is 4.19. The number of nitrogens with zero attached hydrogens (tertiary/aromatic N) is 3. The van der Waals surface area contributed by atoms with Crippen LogP contribution in [0.4, 0.5) is 4.39 Å². The number of amides is 1. The van der Waals surface area contributed by atoms with Crippen LogP contribution in [0.5, 0.6) is 5.75 Å². The van der Waals surface area contributed by atoms with Gasteiger partial charge in [0.1, 0.15) is 12.8 Å². The lowest BCUT2D eigenvalue weighted by Crippen LogP contribution is -2.75. The van der Waals surface area contributed by atoms with E-state index in [-0.39, 0.29) is 24.3 Å². The van der Waals surface area contributed by atoms with E-state index in [1.165, 1.54) is 11.6 Å². The molecule has 4 aliphatic rings. The van der Waals surface area contributed by atoms with Crippen molar-refractivity contribution in [1.29, 1.82) is 0 Å². The van der Waals surface area contributed by atoms with Gasteiger partial charge in [-0.1, -0.05) is 42.5 Å². The van der Waals surface area contributed by atoms with Gasteiger partial charge in [-0.25, -0.2) is 4.39 Å². The number of alkyl halides is 1. The zero-order valence-electron chi connectivity index (χ0n) is 18.9. The first-order chi connectivity index (χ1) is 17.0. The smallest absolute Gasteiger partial charge is 0.278 e. The van der Waals surface area contributed by atoms with Crippen LogP contribution < -0.4 is 10.4 Å². The Kier molecular flexibility index (Phi) is 4.43. The number of hydrogen-bond donors (Lipinski definition) is 1. The molecule has 178 valence electrons. The lowest BCUT2D eigenvalue weighted by atomic mass is 9.51. The molecule has 2 aliphatic carbocycles. The van der Waals surface area contributed by atoms with E-state index in [2.05, 4.69) is 29.3 Å². The summed E-state index contributed by atoms with van der Waals surface area (Å²) in [6, 6.07) is 17.6. The Labute approximate surface area is 205 Å². The van der Waals surface area contributed by atoms with Crippen LogP contribution in [-0.4, -0.2) is 39.0 Å². The maximum absolute atomic E-state index is 14.4. The van der Waals surface area contributed by atoms with Gasteiger partial charge < -0.3 is 10.0 Å². The Morgan fingerprint density at radius 1 is 1.03 bits per heavy atom. The summed E-state index contributed by atoms with van der Waals surface area (Å²) in [5.74, 6) is -0.322. The summed E-state index contributed by atoms with van der Waals surface area (Å²) in [5, 5.41) is 12.9. The first kappa shape index (κ1) is 21.1. The molecule has 3 unspecified atom stereocenters. The first-order valence-corrected chi connectivity index (χ1v) is 13.0. The number of aromatic hydroxyl groups is 1. The van der Waals surface area contributed by atoms with Gasteiger partial charge in [0.2, 0.25) is 5.43 Å². The third-order valence-corrected chi connectivity index (χ3v) is 9.55. The van der Waals surface area contributed by atoms with Crippen molar-refractivity contribution in [2.24, 2.45) is 5.92 Å². The minimum Gasteiger partial charge on any atom is -0.502 e. The van der Waals surface area contributed by atoms with Gasteiger partial charge in [-0.15, -0.1) is 11.8 Å². The zero-order valence-corrected chi connectivity index (χ0v) is 19.7. The standard InChI is InChI=1S/C27H24FN3O3S/c28-20-13-27(11-9-19(20)27)29-15-31(30-12-10-21(32)25(33)24(30)26(29)34)23-17-6-2-1-5-16(17)14-35-22-8-4-3-7-18(22)23/h1-8,10,12,19-20,23,33H,9,11,13-15H2/t19?,20?,23-,27?/m0/s1. The van der Waals surface area contributed by atoms with E-state index in [1.807, 2.05) is 24.3 Å². The summed E-state index contributed by atoms with van der Waals surface area (Å²) in [6.07, 6.45) is 2.47. The monoisotopic (exact) mass is 489 g/mol. The Morgan fingerprint density at radius 2 is 1.80 bits per heavy atom. The Balaban J connectivity index is 1.46. The molecule has 1 N–H and O–H groups in total. The second kappa shape index (κ2) is 7.37. The van der Waals surface area contributed by atoms with Gasteiger partial charge in [0.05, 0.1) is 11.6 Å². The van der Waals surface area contributed by atoms with E-state index in [0.717, 1.165) is 34.6 Å². The fourth-order valence-corrected chi connectivity index (χ4v) is 7.57. The number of carbonyl (C=O) groups excluding carboxylic acids is 1. The normalized spacial score (nSPS) is 28.6. The number of carbonyl (C=O) groups is 1. The Morgan fingerprint density at radius 3 is 2.54 bits per heavy atom. The molecule has 4 atom stereocenters. The Bertz CT molecular complexity index is 1390. The van der Waals surface area contributed by atoms with Gasteiger partial charge >= 0.3 is 0 Å². The minimum atomic E-state index is -0.908. The number of benzene rings is 2. The number of aromatic nitrogens is 1. The zero-order chi connectivity index (χ0) is 23.9. The number of fused-ring (bicyclic) bond motifs is 4. The van der Waals surface area contributed by atoms with Crippen molar-refractivity contribution in [3.05, 3.63) is 93.4 Å². The quantitative estimate of drug-likeness (QED) is 0.585. The van der Waals surface area contributed by atoms with E-state index in [4.69, 9.17) is 0 Å². The van der Waals surface area contributed by atoms with Crippen molar-refractivity contribution in [2.75, 3.05) is 11.7 Å². The SMILES string of the molecule is O=C1c2c(O)c(=O)ccn2N([C@H]2c3ccccc3CSc3ccccc32)CN1C12CCC1C(F)C2. The predicted molar refractivity (Wildman–Crippen MR) is 131 cm³/mol. The van der Waals surface area contributed by atoms with E-state index in [1.54, 1.807) is 27.5 Å². The maximum Gasteiger partial charge on any atom is 0.278 e. The molecule has 2 aromatic carbocycles. The molecule has 2 aliphatic heterocycles. The fourth-order valence-electron chi connectivity index (χ4n) is 6.48. The molecule has 1 amide bonds. The van der Waals surface area contributed by atoms with Crippen molar-refractivity contribution < 1.29 is 14.3 Å². The van der Waals surface area contributed by atoms with Crippen molar-refractivity contribution in [1.82, 2.24) is 9.58 Å². The molecule has 3 heterocycles. The minimum absolute atomic E-state index is 0.0436. The average Bonchev–Trinajstić information content (AvgIpc) is 3.02. The third kappa shape index (κ3) is 2.77. The Hall–Kier alpha value is -3.26. The summed E-state index contributed by atoms with van der Waals surface area (Å²) in [5.41, 5.74) is 2.22. The molecule has 0 radical (unpaired) electrons. The van der Waals surface area contributed by atoms with Crippen LogP contribution in [-0.2, 0) is 5.75 Å². The molecule has 2 saturated carbocycles. The van der Waals surface area contributed by atoms with E-state index in [0.29, 0.717) is 6.42 Å². The van der Waals surface area contributed by atoms with Crippen molar-refractivity contribution in [2.45, 2.75) is 47.7 Å². The van der Waals surface area contributed by atoms with E-state index >= 15 is 0 Å². The maximum atomic E-state index is 14.4. The molecule has 6 nitrogen and oxygen atoms in total. The highest BCUT2D eigenvalue weighted by Gasteiger charge is 2.66. The van der Waals surface area contributed by atoms with Crippen molar-refractivity contribution in [3.8, 4) is 5.75 Å². The summed E-state index contributed by atoms with van der Waals surface area (Å²) < 4.78 is 16.1. The fraction of sp³-hybridized carbons (Fsp3) is 0.333. The molecular formula is C27H24FN3O3S. The van der Waals surface area contributed by atoms with Gasteiger partial charge in [0.15, 0.2) is 11.4 Å². The highest BCUT2D eigenvalue weighted by atomic mass is 32.2. The highest BCUT2D eigenvalue weighted by Crippen LogP contribution is 2.59. The van der Waals surface area contributed by atoms with E-state index in [9.17, 15) is 19.1 Å². The van der Waals surface area contributed by atoms with E-state index < -0.39 is 28.8 Å². The van der Waals surface area contributed by atoms with Gasteiger partial charge in [-0.05, 0) is 35.6 Å². The van der Waals surface area contributed by atoms with Crippen LogP contribution in [0.3, 0.4) is 0 Å². The van der Waals surface area contributed by atoms with Crippen LogP contribution in [0.15, 0.2) is 70.5 Å². The van der Waals surface area contributed by atoms with Crippen LogP contribution in [0.1, 0.15) is 52.5 Å². The lowest BCUT2D eigenvalue weighted by molar-refractivity contribution is -0.156. The van der Waals surface area contributed by atoms with Gasteiger partial charge in [0.25, 0.3) is 5.91 Å². The van der Waals surface area contributed by atoms with Crippen LogP contribution in [0.25, 0.3) is 0 Å². The molecule has 2 fully saturated rings. The molecule has 0 saturated heterocycles. The van der Waals surface area contributed by atoms with Crippen LogP contribution in [0, 0.1) is 5.92 Å². The van der Waals surface area contributed by atoms with Crippen LogP contribution >= 0.6 is 11.8 Å². The molecular weight excluding hydrogens is 465 g/mol. The molecule has 0 bridgehead atoms. The highest BCUT2D eigenvalue weighted by molar-refractivity contribution is 7.98. The summed E-state index contributed by atoms with van der Waals surface area (Å²) >= 11 is 1.78. The number of halogens is 1. The second-order valence-corrected chi connectivity index (χ2v) is 10.9. The number of hydrogen-bond acceptors (Lipinski definition) is 5. The number of thioether (sulfide) groups is 1. The molecule has 7 rings (SSSR count).